The van der Waals surface area contributed by atoms with Crippen molar-refractivity contribution < 1.29 is 9.59 Å². The molecule has 3 N–H and O–H groups in total. The highest BCUT2D eigenvalue weighted by molar-refractivity contribution is 6.23. The Morgan fingerprint density at radius 2 is 1.65 bits per heavy atom. The number of allylic oxidation sites excluding steroid dienone is 6. The molecule has 0 saturated heterocycles. The summed E-state index contributed by atoms with van der Waals surface area (Å²) in [5.74, 6) is 0.506. The summed E-state index contributed by atoms with van der Waals surface area (Å²) in [6.45, 7) is 2.24. The average molecular weight is 312 g/mol. The first-order valence-corrected chi connectivity index (χ1v) is 8.56. The lowest BCUT2D eigenvalue weighted by molar-refractivity contribution is -0.114. The third-order valence-corrected chi connectivity index (χ3v) is 5.02. The van der Waals surface area contributed by atoms with E-state index in [9.17, 15) is 9.59 Å². The molecule has 0 bridgehead atoms. The Morgan fingerprint density at radius 3 is 2.35 bits per heavy atom. The zero-order valence-corrected chi connectivity index (χ0v) is 13.6. The van der Waals surface area contributed by atoms with E-state index in [0.29, 0.717) is 22.9 Å². The number of carbonyl (C=O) groups excluding carboxylic acids is 2. The Bertz CT molecular complexity index is 644. The molecule has 3 rings (SSSR count). The van der Waals surface area contributed by atoms with Crippen LogP contribution < -0.4 is 11.1 Å². The van der Waals surface area contributed by atoms with Crippen LogP contribution in [-0.4, -0.2) is 17.6 Å². The Morgan fingerprint density at radius 1 is 1.00 bits per heavy atom. The van der Waals surface area contributed by atoms with E-state index in [-0.39, 0.29) is 11.6 Å². The van der Waals surface area contributed by atoms with E-state index >= 15 is 0 Å². The van der Waals surface area contributed by atoms with Gasteiger partial charge in [-0.2, -0.15) is 0 Å². The van der Waals surface area contributed by atoms with Crippen molar-refractivity contribution in [2.45, 2.75) is 51.5 Å². The summed E-state index contributed by atoms with van der Waals surface area (Å²) >= 11 is 0. The van der Waals surface area contributed by atoms with Gasteiger partial charge in [0.2, 0.25) is 0 Å². The summed E-state index contributed by atoms with van der Waals surface area (Å²) in [5.41, 5.74) is 7.82. The second-order valence-corrected chi connectivity index (χ2v) is 6.66. The maximum atomic E-state index is 12.2. The Balaban J connectivity index is 1.78. The highest BCUT2D eigenvalue weighted by Gasteiger charge is 2.30. The van der Waals surface area contributed by atoms with Gasteiger partial charge in [-0.15, -0.1) is 0 Å². The van der Waals surface area contributed by atoms with Gasteiger partial charge in [-0.1, -0.05) is 19.8 Å². The fourth-order valence-corrected chi connectivity index (χ4v) is 3.80. The molecule has 0 aliphatic heterocycles. The fraction of sp³-hybridized carbons (Fsp3) is 0.474. The lowest BCUT2D eigenvalue weighted by Gasteiger charge is -2.31. The second kappa shape index (κ2) is 6.57. The molecule has 1 fully saturated rings. The lowest BCUT2D eigenvalue weighted by Crippen LogP contribution is -2.35. The van der Waals surface area contributed by atoms with E-state index < -0.39 is 0 Å². The van der Waals surface area contributed by atoms with Crippen LogP contribution in [0.3, 0.4) is 0 Å². The molecule has 122 valence electrons. The Kier molecular flexibility index (Phi) is 4.51. The van der Waals surface area contributed by atoms with Gasteiger partial charge < -0.3 is 11.1 Å². The molecule has 4 nitrogen and oxygen atoms in total. The van der Waals surface area contributed by atoms with Crippen LogP contribution in [0.1, 0.15) is 45.4 Å². The molecule has 1 saturated carbocycles. The molecule has 0 aromatic rings. The molecule has 0 heterocycles. The van der Waals surface area contributed by atoms with Crippen LogP contribution in [0.2, 0.25) is 0 Å². The van der Waals surface area contributed by atoms with Crippen molar-refractivity contribution in [3.8, 4) is 0 Å². The maximum Gasteiger partial charge on any atom is 0.188 e. The van der Waals surface area contributed by atoms with E-state index in [4.69, 9.17) is 5.73 Å². The van der Waals surface area contributed by atoms with Crippen molar-refractivity contribution in [3.63, 3.8) is 0 Å². The molecule has 0 spiro atoms. The Hall–Kier alpha value is -2.10. The van der Waals surface area contributed by atoms with Crippen LogP contribution in [0.15, 0.2) is 46.8 Å². The topological polar surface area (TPSA) is 72.2 Å². The molecule has 0 aromatic carbocycles. The third-order valence-electron chi connectivity index (χ3n) is 5.02. The fourth-order valence-electron chi connectivity index (χ4n) is 3.80. The predicted molar refractivity (Wildman–Crippen MR) is 90.3 cm³/mol. The molecule has 23 heavy (non-hydrogen) atoms. The van der Waals surface area contributed by atoms with Gasteiger partial charge in [0.25, 0.3) is 0 Å². The first kappa shape index (κ1) is 15.8. The molecule has 0 atom stereocenters. The molecule has 3 aliphatic carbocycles. The number of nitrogens with one attached hydrogen (secondary N) is 1. The van der Waals surface area contributed by atoms with Crippen LogP contribution >= 0.6 is 0 Å². The van der Waals surface area contributed by atoms with Gasteiger partial charge in [0, 0.05) is 17.4 Å². The standard InChI is InChI=1S/C19H24N2O2/c1-2-3-12-4-6-13(7-5-12)21-15-9-11-16(22)18-14(20)8-10-17(23)19(15)18/h8-13,21H,2-7,20H2,1H3. The highest BCUT2D eigenvalue weighted by atomic mass is 16.1. The van der Waals surface area contributed by atoms with Crippen LogP contribution in [0, 0.1) is 5.92 Å². The van der Waals surface area contributed by atoms with E-state index in [2.05, 4.69) is 12.2 Å². The molecule has 0 radical (unpaired) electrons. The van der Waals surface area contributed by atoms with Crippen LogP contribution in [0.5, 0.6) is 0 Å². The summed E-state index contributed by atoms with van der Waals surface area (Å²) in [6.07, 6.45) is 13.4. The smallest absolute Gasteiger partial charge is 0.188 e. The Labute approximate surface area is 137 Å². The number of hydrogen-bond acceptors (Lipinski definition) is 4. The van der Waals surface area contributed by atoms with E-state index in [0.717, 1.165) is 24.5 Å². The number of hydrogen-bond donors (Lipinski definition) is 2. The minimum Gasteiger partial charge on any atom is -0.398 e. The van der Waals surface area contributed by atoms with Crippen molar-refractivity contribution in [2.75, 3.05) is 0 Å². The van der Waals surface area contributed by atoms with Gasteiger partial charge in [0.05, 0.1) is 11.1 Å². The zero-order valence-electron chi connectivity index (χ0n) is 13.6. The van der Waals surface area contributed by atoms with Gasteiger partial charge >= 0.3 is 0 Å². The van der Waals surface area contributed by atoms with Crippen LogP contribution in [0.4, 0.5) is 0 Å². The predicted octanol–water partition coefficient (Wildman–Crippen LogP) is 2.68. The number of ketones is 2. The first-order chi connectivity index (χ1) is 11.1. The minimum absolute atomic E-state index is 0.144. The molecule has 3 aliphatic rings. The van der Waals surface area contributed by atoms with Gasteiger partial charge in [0.15, 0.2) is 11.6 Å². The molecule has 4 heteroatoms. The zero-order chi connectivity index (χ0) is 16.4. The molecule has 0 aromatic heterocycles. The molecule has 0 unspecified atom stereocenters. The minimum atomic E-state index is -0.188. The van der Waals surface area contributed by atoms with E-state index in [1.54, 1.807) is 6.08 Å². The summed E-state index contributed by atoms with van der Waals surface area (Å²) < 4.78 is 0. The second-order valence-electron chi connectivity index (χ2n) is 6.66. The normalized spacial score (nSPS) is 27.5. The van der Waals surface area contributed by atoms with E-state index in [1.807, 2.05) is 0 Å². The SMILES string of the molecule is CCCC1CCC(NC2=C3C(=O)C=CC(N)=C3C(=O)C=C2)CC1. The monoisotopic (exact) mass is 312 g/mol. The van der Waals surface area contributed by atoms with Gasteiger partial charge in [-0.25, -0.2) is 0 Å². The van der Waals surface area contributed by atoms with Gasteiger partial charge in [-0.05, 0) is 55.9 Å². The summed E-state index contributed by atoms with van der Waals surface area (Å²) in [4.78, 5) is 24.3. The largest absolute Gasteiger partial charge is 0.398 e. The number of nitrogens with two attached hydrogens (primary N) is 1. The summed E-state index contributed by atoms with van der Waals surface area (Å²) in [5, 5.41) is 3.49. The average Bonchev–Trinajstić information content (AvgIpc) is 2.55. The van der Waals surface area contributed by atoms with Crippen molar-refractivity contribution in [1.29, 1.82) is 0 Å². The first-order valence-electron chi connectivity index (χ1n) is 8.56. The third kappa shape index (κ3) is 3.16. The maximum absolute atomic E-state index is 12.2. The van der Waals surface area contributed by atoms with Crippen molar-refractivity contribution in [3.05, 3.63) is 46.8 Å². The molecular weight excluding hydrogens is 288 g/mol. The van der Waals surface area contributed by atoms with Crippen LogP contribution in [0.25, 0.3) is 0 Å². The number of carbonyl (C=O) groups is 2. The van der Waals surface area contributed by atoms with Gasteiger partial charge in [0.1, 0.15) is 0 Å². The quantitative estimate of drug-likeness (QED) is 0.837. The van der Waals surface area contributed by atoms with E-state index in [1.165, 1.54) is 43.9 Å². The summed E-state index contributed by atoms with van der Waals surface area (Å²) in [7, 11) is 0. The summed E-state index contributed by atoms with van der Waals surface area (Å²) in [6, 6.07) is 0.365. The molecular formula is C19H24N2O2. The van der Waals surface area contributed by atoms with Crippen molar-refractivity contribution >= 4 is 11.6 Å². The van der Waals surface area contributed by atoms with Crippen molar-refractivity contribution in [1.82, 2.24) is 5.32 Å². The van der Waals surface area contributed by atoms with Gasteiger partial charge in [-0.3, -0.25) is 9.59 Å². The van der Waals surface area contributed by atoms with Crippen LogP contribution in [-0.2, 0) is 9.59 Å². The number of rotatable bonds is 4. The number of fused-ring (bicyclic) bond motifs is 1. The molecule has 0 amide bonds. The lowest BCUT2D eigenvalue weighted by atomic mass is 9.82. The van der Waals surface area contributed by atoms with Crippen molar-refractivity contribution in [2.24, 2.45) is 11.7 Å². The highest BCUT2D eigenvalue weighted by Crippen LogP contribution is 2.31.